The molecule has 1 heterocycles. The first kappa shape index (κ1) is 17.0. The van der Waals surface area contributed by atoms with Crippen LogP contribution < -0.4 is 10.6 Å². The highest BCUT2D eigenvalue weighted by molar-refractivity contribution is 5.88. The Labute approximate surface area is 134 Å². The molecular formula is C16H21FN4O2. The number of hydrogen-bond acceptors (Lipinski definition) is 3. The van der Waals surface area contributed by atoms with E-state index in [1.54, 1.807) is 29.9 Å². The molecule has 2 amide bonds. The van der Waals surface area contributed by atoms with Crippen molar-refractivity contribution in [3.63, 3.8) is 0 Å². The monoisotopic (exact) mass is 320 g/mol. The van der Waals surface area contributed by atoms with Crippen LogP contribution in [0, 0.1) is 18.7 Å². The average Bonchev–Trinajstić information content (AvgIpc) is 2.94. The quantitative estimate of drug-likeness (QED) is 0.792. The van der Waals surface area contributed by atoms with Crippen molar-refractivity contribution in [2.24, 2.45) is 5.92 Å². The predicted molar refractivity (Wildman–Crippen MR) is 86.1 cm³/mol. The lowest BCUT2D eigenvalue weighted by Crippen LogP contribution is -2.40. The third-order valence-corrected chi connectivity index (χ3v) is 3.74. The molecular weight excluding hydrogens is 299 g/mol. The Morgan fingerprint density at radius 2 is 2.13 bits per heavy atom. The number of urea groups is 1. The van der Waals surface area contributed by atoms with Gasteiger partial charge in [-0.1, -0.05) is 6.92 Å². The van der Waals surface area contributed by atoms with Gasteiger partial charge in [0.05, 0.1) is 5.69 Å². The molecule has 2 unspecified atom stereocenters. The number of anilines is 1. The summed E-state index contributed by atoms with van der Waals surface area (Å²) in [6.45, 7) is 5.45. The standard InChI is InChI=1S/C16H21FN4O2/c1-10-8-13(17)4-5-14(10)21-7-6-15(20-21)19-16(23)18-12(3)11(2)9-22/h4-8,11-12,22H,9H2,1-3H3,(H2,18,19,20,23). The summed E-state index contributed by atoms with van der Waals surface area (Å²) < 4.78 is 14.7. The van der Waals surface area contributed by atoms with Gasteiger partial charge in [-0.05, 0) is 43.5 Å². The van der Waals surface area contributed by atoms with Crippen molar-refractivity contribution < 1.29 is 14.3 Å². The van der Waals surface area contributed by atoms with Gasteiger partial charge in [-0.15, -0.1) is 5.10 Å². The molecule has 0 saturated carbocycles. The number of aliphatic hydroxyl groups excluding tert-OH is 1. The van der Waals surface area contributed by atoms with Gasteiger partial charge in [-0.3, -0.25) is 5.32 Å². The molecule has 0 aliphatic heterocycles. The second-order valence-electron chi connectivity index (χ2n) is 5.62. The first-order chi connectivity index (χ1) is 10.9. The maximum Gasteiger partial charge on any atom is 0.320 e. The molecule has 0 radical (unpaired) electrons. The van der Waals surface area contributed by atoms with E-state index in [4.69, 9.17) is 5.11 Å². The molecule has 0 aliphatic carbocycles. The molecule has 0 bridgehead atoms. The topological polar surface area (TPSA) is 79.2 Å². The maximum atomic E-state index is 13.1. The zero-order chi connectivity index (χ0) is 17.0. The fourth-order valence-corrected chi connectivity index (χ4v) is 2.06. The number of halogens is 1. The number of aromatic nitrogens is 2. The molecule has 6 nitrogen and oxygen atoms in total. The van der Waals surface area contributed by atoms with Crippen molar-refractivity contribution in [1.82, 2.24) is 15.1 Å². The number of nitrogens with one attached hydrogen (secondary N) is 2. The summed E-state index contributed by atoms with van der Waals surface area (Å²) in [7, 11) is 0. The second kappa shape index (κ2) is 7.23. The lowest BCUT2D eigenvalue weighted by Gasteiger charge is -2.19. The lowest BCUT2D eigenvalue weighted by molar-refractivity contribution is 0.204. The van der Waals surface area contributed by atoms with Crippen molar-refractivity contribution >= 4 is 11.8 Å². The molecule has 0 aliphatic rings. The minimum Gasteiger partial charge on any atom is -0.396 e. The summed E-state index contributed by atoms with van der Waals surface area (Å²) in [5, 5.41) is 18.7. The van der Waals surface area contributed by atoms with E-state index < -0.39 is 0 Å². The van der Waals surface area contributed by atoms with Crippen molar-refractivity contribution in [2.45, 2.75) is 26.8 Å². The largest absolute Gasteiger partial charge is 0.396 e. The van der Waals surface area contributed by atoms with Crippen molar-refractivity contribution in [3.05, 3.63) is 41.8 Å². The van der Waals surface area contributed by atoms with Gasteiger partial charge in [0.1, 0.15) is 5.82 Å². The smallest absolute Gasteiger partial charge is 0.320 e. The fraction of sp³-hybridized carbons (Fsp3) is 0.375. The van der Waals surface area contributed by atoms with Crippen LogP contribution in [0.5, 0.6) is 0 Å². The van der Waals surface area contributed by atoms with Crippen LogP contribution >= 0.6 is 0 Å². The summed E-state index contributed by atoms with van der Waals surface area (Å²) in [5.74, 6) is 0.0402. The molecule has 2 atom stereocenters. The predicted octanol–water partition coefficient (Wildman–Crippen LogP) is 2.46. The van der Waals surface area contributed by atoms with Gasteiger partial charge >= 0.3 is 6.03 Å². The van der Waals surface area contributed by atoms with Crippen LogP contribution in [0.25, 0.3) is 5.69 Å². The highest BCUT2D eigenvalue weighted by Crippen LogP contribution is 2.16. The number of carbonyl (C=O) groups excluding carboxylic acids is 1. The average molecular weight is 320 g/mol. The van der Waals surface area contributed by atoms with Crippen LogP contribution in [0.3, 0.4) is 0 Å². The molecule has 1 aromatic heterocycles. The highest BCUT2D eigenvalue weighted by atomic mass is 19.1. The molecule has 23 heavy (non-hydrogen) atoms. The normalized spacial score (nSPS) is 13.4. The Kier molecular flexibility index (Phi) is 5.33. The summed E-state index contributed by atoms with van der Waals surface area (Å²) in [5.41, 5.74) is 1.48. The lowest BCUT2D eigenvalue weighted by atomic mass is 10.1. The number of benzene rings is 1. The van der Waals surface area contributed by atoms with Crippen LogP contribution in [0.2, 0.25) is 0 Å². The molecule has 0 spiro atoms. The molecule has 124 valence electrons. The second-order valence-corrected chi connectivity index (χ2v) is 5.62. The zero-order valence-corrected chi connectivity index (χ0v) is 13.4. The van der Waals surface area contributed by atoms with Crippen molar-refractivity contribution in [2.75, 3.05) is 11.9 Å². The van der Waals surface area contributed by atoms with Gasteiger partial charge < -0.3 is 10.4 Å². The molecule has 0 fully saturated rings. The van der Waals surface area contributed by atoms with E-state index in [0.29, 0.717) is 5.82 Å². The minimum absolute atomic E-state index is 0.0000821. The van der Waals surface area contributed by atoms with Gasteiger partial charge in [0.2, 0.25) is 0 Å². The third-order valence-electron chi connectivity index (χ3n) is 3.74. The summed E-state index contributed by atoms with van der Waals surface area (Å²) in [6.07, 6.45) is 1.69. The van der Waals surface area contributed by atoms with Gasteiger partial charge in [0, 0.05) is 24.9 Å². The van der Waals surface area contributed by atoms with E-state index in [2.05, 4.69) is 15.7 Å². The van der Waals surface area contributed by atoms with Crippen LogP contribution in [0.15, 0.2) is 30.5 Å². The molecule has 3 N–H and O–H groups in total. The Balaban J connectivity index is 2.03. The molecule has 2 aromatic rings. The SMILES string of the molecule is Cc1cc(F)ccc1-n1ccc(NC(=O)NC(C)C(C)CO)n1. The van der Waals surface area contributed by atoms with Gasteiger partial charge in [-0.2, -0.15) is 0 Å². The van der Waals surface area contributed by atoms with E-state index in [1.807, 2.05) is 13.8 Å². The highest BCUT2D eigenvalue weighted by Gasteiger charge is 2.14. The van der Waals surface area contributed by atoms with Crippen molar-refractivity contribution in [1.29, 1.82) is 0 Å². The molecule has 7 heteroatoms. The first-order valence-corrected chi connectivity index (χ1v) is 7.41. The zero-order valence-electron chi connectivity index (χ0n) is 13.4. The first-order valence-electron chi connectivity index (χ1n) is 7.41. The Bertz CT molecular complexity index is 686. The van der Waals surface area contributed by atoms with Crippen LogP contribution in [0.4, 0.5) is 15.0 Å². The summed E-state index contributed by atoms with van der Waals surface area (Å²) in [4.78, 5) is 11.9. The number of aliphatic hydroxyl groups is 1. The number of carbonyl (C=O) groups is 1. The molecule has 0 saturated heterocycles. The van der Waals surface area contributed by atoms with Crippen LogP contribution in [-0.4, -0.2) is 33.6 Å². The molecule has 2 rings (SSSR count). The van der Waals surface area contributed by atoms with E-state index in [9.17, 15) is 9.18 Å². The Morgan fingerprint density at radius 3 is 2.78 bits per heavy atom. The number of amides is 2. The van der Waals surface area contributed by atoms with Gasteiger partial charge in [-0.25, -0.2) is 13.9 Å². The van der Waals surface area contributed by atoms with E-state index in [0.717, 1.165) is 11.3 Å². The van der Waals surface area contributed by atoms with Crippen molar-refractivity contribution in [3.8, 4) is 5.69 Å². The Hall–Kier alpha value is -2.41. The minimum atomic E-state index is -0.390. The van der Waals surface area contributed by atoms with Gasteiger partial charge in [0.15, 0.2) is 5.82 Å². The maximum absolute atomic E-state index is 13.1. The number of hydrogen-bond donors (Lipinski definition) is 3. The fourth-order valence-electron chi connectivity index (χ4n) is 2.06. The van der Waals surface area contributed by atoms with E-state index in [-0.39, 0.29) is 30.4 Å². The Morgan fingerprint density at radius 1 is 1.39 bits per heavy atom. The molecule has 1 aromatic carbocycles. The third kappa shape index (κ3) is 4.29. The van der Waals surface area contributed by atoms with E-state index >= 15 is 0 Å². The number of aryl methyl sites for hydroxylation is 1. The van der Waals surface area contributed by atoms with Crippen LogP contribution in [-0.2, 0) is 0 Å². The number of nitrogens with zero attached hydrogens (tertiary/aromatic N) is 2. The van der Waals surface area contributed by atoms with Crippen LogP contribution in [0.1, 0.15) is 19.4 Å². The summed E-state index contributed by atoms with van der Waals surface area (Å²) in [6, 6.07) is 5.52. The van der Waals surface area contributed by atoms with Gasteiger partial charge in [0.25, 0.3) is 0 Å². The van der Waals surface area contributed by atoms with E-state index in [1.165, 1.54) is 12.1 Å². The summed E-state index contributed by atoms with van der Waals surface area (Å²) >= 11 is 0. The number of rotatable bonds is 5.